The molecule has 2 rings (SSSR count). The molecule has 0 saturated carbocycles. The molecule has 0 aliphatic carbocycles. The number of hydrogen-bond acceptors (Lipinski definition) is 6. The number of halogens is 3. The van der Waals surface area contributed by atoms with Gasteiger partial charge in [0.05, 0.1) is 17.2 Å². The third-order valence-corrected chi connectivity index (χ3v) is 3.94. The van der Waals surface area contributed by atoms with Crippen LogP contribution in [-0.4, -0.2) is 27.2 Å². The van der Waals surface area contributed by atoms with Crippen LogP contribution in [0.25, 0.3) is 0 Å². The molecule has 10 heteroatoms. The Hall–Kier alpha value is -1.83. The van der Waals surface area contributed by atoms with Crippen LogP contribution in [0.3, 0.4) is 0 Å². The summed E-state index contributed by atoms with van der Waals surface area (Å²) in [5.74, 6) is 0. The van der Waals surface area contributed by atoms with E-state index < -0.39 is 33.3 Å². The zero-order valence-corrected chi connectivity index (χ0v) is 12.1. The molecule has 0 amide bonds. The lowest BCUT2D eigenvalue weighted by atomic mass is 10.1. The van der Waals surface area contributed by atoms with Gasteiger partial charge in [-0.05, 0) is 25.1 Å². The van der Waals surface area contributed by atoms with Gasteiger partial charge >= 0.3 is 16.6 Å². The average molecular weight is 336 g/mol. The second-order valence-corrected chi connectivity index (χ2v) is 6.15. The molecule has 1 N–H and O–H groups in total. The van der Waals surface area contributed by atoms with Crippen molar-refractivity contribution in [3.63, 3.8) is 0 Å². The van der Waals surface area contributed by atoms with Gasteiger partial charge < -0.3 is 5.32 Å². The molecule has 6 nitrogen and oxygen atoms in total. The van der Waals surface area contributed by atoms with Gasteiger partial charge in [0.2, 0.25) is 0 Å². The Morgan fingerprint density at radius 3 is 2.64 bits per heavy atom. The molecule has 0 spiro atoms. The summed E-state index contributed by atoms with van der Waals surface area (Å²) in [6, 6.07) is 4.59. The molecular formula is C12H11F3N2O4S. The molecule has 1 fully saturated rings. The van der Waals surface area contributed by atoms with E-state index in [1.807, 2.05) is 0 Å². The predicted molar refractivity (Wildman–Crippen MR) is 69.0 cm³/mol. The van der Waals surface area contributed by atoms with Gasteiger partial charge in [-0.3, -0.25) is 0 Å². The van der Waals surface area contributed by atoms with E-state index in [4.69, 9.17) is 9.44 Å². The van der Waals surface area contributed by atoms with Gasteiger partial charge in [0.15, 0.2) is 0 Å². The summed E-state index contributed by atoms with van der Waals surface area (Å²) >= 11 is 0. The summed E-state index contributed by atoms with van der Waals surface area (Å²) in [4.78, 5) is 0. The lowest BCUT2D eigenvalue weighted by Gasteiger charge is -2.20. The van der Waals surface area contributed by atoms with Crippen molar-refractivity contribution in [2.75, 3.05) is 18.5 Å². The van der Waals surface area contributed by atoms with Gasteiger partial charge in [-0.2, -0.15) is 26.9 Å². The van der Waals surface area contributed by atoms with Crippen LogP contribution < -0.4 is 5.32 Å². The quantitative estimate of drug-likeness (QED) is 0.909. The summed E-state index contributed by atoms with van der Waals surface area (Å²) in [6.07, 6.45) is -4.66. The molecule has 0 aromatic heterocycles. The van der Waals surface area contributed by atoms with Crippen LogP contribution in [0, 0.1) is 11.3 Å². The number of hydrogen-bond donors (Lipinski definition) is 1. The first-order chi connectivity index (χ1) is 10.0. The first-order valence-corrected chi connectivity index (χ1v) is 7.33. The Morgan fingerprint density at radius 2 is 2.14 bits per heavy atom. The zero-order chi connectivity index (χ0) is 16.6. The second kappa shape index (κ2) is 5.42. The molecule has 0 bridgehead atoms. The minimum atomic E-state index is -4.66. The van der Waals surface area contributed by atoms with E-state index in [2.05, 4.69) is 9.50 Å². The number of benzene rings is 1. The molecule has 22 heavy (non-hydrogen) atoms. The lowest BCUT2D eigenvalue weighted by Crippen LogP contribution is -2.36. The summed E-state index contributed by atoms with van der Waals surface area (Å²) in [6.45, 7) is 1.11. The zero-order valence-electron chi connectivity index (χ0n) is 11.3. The van der Waals surface area contributed by atoms with E-state index >= 15 is 0 Å². The maximum atomic E-state index is 12.8. The number of rotatable bonds is 3. The van der Waals surface area contributed by atoms with Crippen LogP contribution in [0.2, 0.25) is 0 Å². The van der Waals surface area contributed by atoms with Gasteiger partial charge in [-0.25, -0.2) is 8.37 Å². The van der Waals surface area contributed by atoms with Gasteiger partial charge in [-0.1, -0.05) is 0 Å². The van der Waals surface area contributed by atoms with Crippen molar-refractivity contribution in [1.29, 1.82) is 5.26 Å². The molecule has 1 heterocycles. The molecule has 1 aromatic rings. The van der Waals surface area contributed by atoms with Crippen molar-refractivity contribution in [2.45, 2.75) is 18.7 Å². The molecular weight excluding hydrogens is 325 g/mol. The van der Waals surface area contributed by atoms with Crippen LogP contribution >= 0.6 is 0 Å². The summed E-state index contributed by atoms with van der Waals surface area (Å²) < 4.78 is 69.8. The molecule has 1 atom stereocenters. The van der Waals surface area contributed by atoms with Crippen molar-refractivity contribution in [1.82, 2.24) is 0 Å². The van der Waals surface area contributed by atoms with Crippen molar-refractivity contribution in [3.8, 4) is 6.07 Å². The second-order valence-electron chi connectivity index (χ2n) is 4.93. The Bertz CT molecular complexity index is 727. The van der Waals surface area contributed by atoms with Crippen LogP contribution in [0.5, 0.6) is 0 Å². The van der Waals surface area contributed by atoms with E-state index in [-0.39, 0.29) is 18.8 Å². The van der Waals surface area contributed by atoms with Crippen molar-refractivity contribution in [3.05, 3.63) is 29.3 Å². The van der Waals surface area contributed by atoms with E-state index in [1.165, 1.54) is 19.1 Å². The lowest BCUT2D eigenvalue weighted by molar-refractivity contribution is -0.137. The highest BCUT2D eigenvalue weighted by Crippen LogP contribution is 2.34. The van der Waals surface area contributed by atoms with Crippen molar-refractivity contribution in [2.24, 2.45) is 0 Å². The first-order valence-electron chi connectivity index (χ1n) is 6.00. The first kappa shape index (κ1) is 16.5. The summed E-state index contributed by atoms with van der Waals surface area (Å²) in [5, 5.41) is 11.4. The minimum absolute atomic E-state index is 0.0837. The highest BCUT2D eigenvalue weighted by atomic mass is 32.3. The van der Waals surface area contributed by atoms with Crippen LogP contribution in [0.4, 0.5) is 18.9 Å². The highest BCUT2D eigenvalue weighted by Gasteiger charge is 2.41. The summed E-state index contributed by atoms with van der Waals surface area (Å²) in [7, 11) is -4.06. The molecule has 1 aromatic carbocycles. The van der Waals surface area contributed by atoms with Crippen molar-refractivity contribution >= 4 is 16.1 Å². The van der Waals surface area contributed by atoms with E-state index in [1.54, 1.807) is 0 Å². The van der Waals surface area contributed by atoms with Gasteiger partial charge in [0.25, 0.3) is 0 Å². The fourth-order valence-corrected chi connectivity index (χ4v) is 2.89. The Balaban J connectivity index is 2.17. The molecule has 1 unspecified atom stereocenters. The Kier molecular flexibility index (Phi) is 4.08. The fourth-order valence-electron chi connectivity index (χ4n) is 1.85. The molecule has 0 radical (unpaired) electrons. The molecule has 1 saturated heterocycles. The van der Waals surface area contributed by atoms with Gasteiger partial charge in [0, 0.05) is 12.2 Å². The maximum Gasteiger partial charge on any atom is 0.417 e. The normalized spacial score (nSPS) is 24.0. The Labute approximate surface area is 124 Å². The minimum Gasteiger partial charge on any atom is -0.382 e. The largest absolute Gasteiger partial charge is 0.417 e. The number of nitriles is 1. The van der Waals surface area contributed by atoms with Gasteiger partial charge in [-0.15, -0.1) is 0 Å². The number of nitrogens with one attached hydrogen (secondary N) is 1. The van der Waals surface area contributed by atoms with Crippen LogP contribution in [0.15, 0.2) is 18.2 Å². The van der Waals surface area contributed by atoms with Gasteiger partial charge in [0.1, 0.15) is 12.2 Å². The number of alkyl halides is 3. The standard InChI is InChI=1S/C12H11F3N2O4S/c1-11(7-20-22(18,19)21-11)6-17-9-3-2-8(5-16)10(4-9)12(13,14)15/h2-4,17H,6-7H2,1H3. The third kappa shape index (κ3) is 3.68. The van der Waals surface area contributed by atoms with Crippen molar-refractivity contribution < 1.29 is 30.0 Å². The van der Waals surface area contributed by atoms with Crippen LogP contribution in [-0.2, 0) is 24.9 Å². The van der Waals surface area contributed by atoms with E-state index in [0.29, 0.717) is 0 Å². The van der Waals surface area contributed by atoms with E-state index in [9.17, 15) is 21.6 Å². The molecule has 1 aliphatic heterocycles. The Morgan fingerprint density at radius 1 is 1.45 bits per heavy atom. The third-order valence-electron chi connectivity index (χ3n) is 2.92. The smallest absolute Gasteiger partial charge is 0.382 e. The number of nitrogens with zero attached hydrogens (tertiary/aromatic N) is 1. The topological polar surface area (TPSA) is 88.4 Å². The SMILES string of the molecule is CC1(CNc2ccc(C#N)c(C(F)(F)F)c2)COS(=O)(=O)O1. The van der Waals surface area contributed by atoms with Crippen LogP contribution in [0.1, 0.15) is 18.1 Å². The maximum absolute atomic E-state index is 12.8. The molecule has 120 valence electrons. The van der Waals surface area contributed by atoms with E-state index in [0.717, 1.165) is 12.1 Å². The monoisotopic (exact) mass is 336 g/mol. The number of anilines is 1. The fraction of sp³-hybridized carbons (Fsp3) is 0.417. The molecule has 1 aliphatic rings. The highest BCUT2D eigenvalue weighted by molar-refractivity contribution is 7.82. The average Bonchev–Trinajstić information content (AvgIpc) is 2.70. The summed E-state index contributed by atoms with van der Waals surface area (Å²) in [5.41, 5.74) is -2.69. The predicted octanol–water partition coefficient (Wildman–Crippen LogP) is 2.04.